The van der Waals surface area contributed by atoms with Gasteiger partial charge in [0.1, 0.15) is 6.61 Å². The van der Waals surface area contributed by atoms with E-state index in [4.69, 9.17) is 4.74 Å². The third-order valence-electron chi connectivity index (χ3n) is 1.02. The minimum absolute atomic E-state index is 0.240. The van der Waals surface area contributed by atoms with Gasteiger partial charge in [0.05, 0.1) is 13.2 Å². The van der Waals surface area contributed by atoms with E-state index < -0.39 is 6.16 Å². The van der Waals surface area contributed by atoms with E-state index in [0.29, 0.717) is 26.2 Å². The Bertz CT molecular complexity index is 114. The molecule has 0 aromatic carbocycles. The smallest absolute Gasteiger partial charge is 0.434 e. The SMILES string of the molecule is [CH2]CCOC(=O)OCCOCC. The van der Waals surface area contributed by atoms with E-state index in [2.05, 4.69) is 16.4 Å². The van der Waals surface area contributed by atoms with Crippen molar-refractivity contribution in [2.75, 3.05) is 26.4 Å². The monoisotopic (exact) mass is 175 g/mol. The number of hydrogen-bond donors (Lipinski definition) is 0. The highest BCUT2D eigenvalue weighted by molar-refractivity contribution is 5.59. The normalized spacial score (nSPS) is 9.50. The first kappa shape index (κ1) is 11.2. The van der Waals surface area contributed by atoms with E-state index in [0.717, 1.165) is 0 Å². The molecule has 12 heavy (non-hydrogen) atoms. The summed E-state index contributed by atoms with van der Waals surface area (Å²) >= 11 is 0. The quantitative estimate of drug-likeness (QED) is 0.452. The lowest BCUT2D eigenvalue weighted by molar-refractivity contribution is 0.0301. The van der Waals surface area contributed by atoms with Crippen LogP contribution in [0.3, 0.4) is 0 Å². The zero-order valence-corrected chi connectivity index (χ0v) is 7.38. The summed E-state index contributed by atoms with van der Waals surface area (Å²) in [6.07, 6.45) is -0.0982. The van der Waals surface area contributed by atoms with Gasteiger partial charge in [0, 0.05) is 6.61 Å². The van der Waals surface area contributed by atoms with Gasteiger partial charge in [-0.2, -0.15) is 0 Å². The Morgan fingerprint density at radius 3 is 2.50 bits per heavy atom. The Hall–Kier alpha value is -0.770. The average molecular weight is 175 g/mol. The molecule has 0 aliphatic carbocycles. The highest BCUT2D eigenvalue weighted by Crippen LogP contribution is 1.87. The van der Waals surface area contributed by atoms with Crippen LogP contribution in [-0.2, 0) is 14.2 Å². The standard InChI is InChI=1S/C8H15O4/c1-3-5-11-8(9)12-7-6-10-4-2/h1,3-7H2,2H3. The largest absolute Gasteiger partial charge is 0.508 e. The highest BCUT2D eigenvalue weighted by Gasteiger charge is 2.00. The van der Waals surface area contributed by atoms with Crippen molar-refractivity contribution >= 4 is 6.16 Å². The fourth-order valence-electron chi connectivity index (χ4n) is 0.525. The Morgan fingerprint density at radius 1 is 1.25 bits per heavy atom. The molecule has 0 saturated heterocycles. The molecule has 71 valence electrons. The first-order valence-electron chi connectivity index (χ1n) is 3.97. The van der Waals surface area contributed by atoms with Crippen molar-refractivity contribution in [1.82, 2.24) is 0 Å². The van der Waals surface area contributed by atoms with Crippen molar-refractivity contribution in [2.45, 2.75) is 13.3 Å². The molecule has 0 fully saturated rings. The lowest BCUT2D eigenvalue weighted by atomic mass is 10.5. The number of carbonyl (C=O) groups is 1. The van der Waals surface area contributed by atoms with Crippen molar-refractivity contribution in [2.24, 2.45) is 0 Å². The van der Waals surface area contributed by atoms with Crippen LogP contribution in [0, 0.1) is 6.92 Å². The van der Waals surface area contributed by atoms with Crippen molar-refractivity contribution < 1.29 is 19.0 Å². The Kier molecular flexibility index (Phi) is 7.79. The van der Waals surface area contributed by atoms with E-state index in [1.54, 1.807) is 0 Å². The average Bonchev–Trinajstić information content (AvgIpc) is 2.09. The molecule has 0 heterocycles. The molecule has 4 heteroatoms. The summed E-state index contributed by atoms with van der Waals surface area (Å²) in [5.41, 5.74) is 0. The molecule has 0 N–H and O–H groups in total. The van der Waals surface area contributed by atoms with Crippen LogP contribution in [-0.4, -0.2) is 32.6 Å². The lowest BCUT2D eigenvalue weighted by Crippen LogP contribution is -2.12. The first-order valence-corrected chi connectivity index (χ1v) is 3.97. The second kappa shape index (κ2) is 8.33. The summed E-state index contributed by atoms with van der Waals surface area (Å²) in [6.45, 7) is 6.96. The summed E-state index contributed by atoms with van der Waals surface area (Å²) in [6, 6.07) is 0. The molecule has 0 bridgehead atoms. The molecule has 0 rings (SSSR count). The maximum absolute atomic E-state index is 10.6. The Labute approximate surface area is 72.8 Å². The molecular weight excluding hydrogens is 160 g/mol. The fourth-order valence-corrected chi connectivity index (χ4v) is 0.525. The molecule has 0 amide bonds. The van der Waals surface area contributed by atoms with Crippen molar-refractivity contribution in [1.29, 1.82) is 0 Å². The van der Waals surface area contributed by atoms with E-state index >= 15 is 0 Å². The van der Waals surface area contributed by atoms with Gasteiger partial charge in [-0.05, 0) is 20.3 Å². The minimum atomic E-state index is -0.654. The van der Waals surface area contributed by atoms with Crippen LogP contribution in [0.2, 0.25) is 0 Å². The van der Waals surface area contributed by atoms with Gasteiger partial charge in [0.2, 0.25) is 0 Å². The van der Waals surface area contributed by atoms with Gasteiger partial charge in [-0.3, -0.25) is 0 Å². The third-order valence-corrected chi connectivity index (χ3v) is 1.02. The fraction of sp³-hybridized carbons (Fsp3) is 0.750. The molecule has 0 unspecified atom stereocenters. The van der Waals surface area contributed by atoms with Crippen LogP contribution in [0.1, 0.15) is 13.3 Å². The Balaban J connectivity index is 3.08. The minimum Gasteiger partial charge on any atom is -0.434 e. The van der Waals surface area contributed by atoms with Gasteiger partial charge >= 0.3 is 6.16 Å². The number of rotatable bonds is 6. The van der Waals surface area contributed by atoms with Crippen LogP contribution in [0.4, 0.5) is 4.79 Å². The summed E-state index contributed by atoms with van der Waals surface area (Å²) in [4.78, 5) is 10.6. The van der Waals surface area contributed by atoms with Crippen LogP contribution in [0.25, 0.3) is 0 Å². The molecule has 0 aliphatic rings. The van der Waals surface area contributed by atoms with Gasteiger partial charge in [0.15, 0.2) is 0 Å². The van der Waals surface area contributed by atoms with Crippen LogP contribution < -0.4 is 0 Å². The van der Waals surface area contributed by atoms with Crippen molar-refractivity contribution in [3.63, 3.8) is 0 Å². The predicted octanol–water partition coefficient (Wildman–Crippen LogP) is 1.40. The molecule has 0 saturated carbocycles. The van der Waals surface area contributed by atoms with Gasteiger partial charge in [0.25, 0.3) is 0 Å². The highest BCUT2D eigenvalue weighted by atomic mass is 16.7. The zero-order chi connectivity index (χ0) is 9.23. The van der Waals surface area contributed by atoms with Gasteiger partial charge in [-0.15, -0.1) is 0 Å². The zero-order valence-electron chi connectivity index (χ0n) is 7.38. The third kappa shape index (κ3) is 7.34. The maximum atomic E-state index is 10.6. The van der Waals surface area contributed by atoms with Gasteiger partial charge in [-0.25, -0.2) is 4.79 Å². The van der Waals surface area contributed by atoms with Crippen molar-refractivity contribution in [3.05, 3.63) is 6.92 Å². The number of ether oxygens (including phenoxy) is 3. The van der Waals surface area contributed by atoms with Crippen LogP contribution in [0.15, 0.2) is 0 Å². The van der Waals surface area contributed by atoms with Gasteiger partial charge < -0.3 is 14.2 Å². The first-order chi connectivity index (χ1) is 5.81. The molecule has 0 aromatic heterocycles. The summed E-state index contributed by atoms with van der Waals surface area (Å²) in [5, 5.41) is 0. The molecule has 0 aliphatic heterocycles. The van der Waals surface area contributed by atoms with E-state index in [-0.39, 0.29) is 6.61 Å². The van der Waals surface area contributed by atoms with Gasteiger partial charge in [-0.1, -0.05) is 0 Å². The van der Waals surface area contributed by atoms with Crippen molar-refractivity contribution in [3.8, 4) is 0 Å². The molecule has 0 spiro atoms. The lowest BCUT2D eigenvalue weighted by Gasteiger charge is -2.04. The molecular formula is C8H15O4. The van der Waals surface area contributed by atoms with Crippen LogP contribution in [0.5, 0.6) is 0 Å². The molecule has 0 atom stereocenters. The second-order valence-electron chi connectivity index (χ2n) is 2.00. The van der Waals surface area contributed by atoms with E-state index in [1.807, 2.05) is 6.92 Å². The van der Waals surface area contributed by atoms with E-state index in [1.165, 1.54) is 0 Å². The molecule has 1 radical (unpaired) electrons. The number of carbonyl (C=O) groups excluding carboxylic acids is 1. The van der Waals surface area contributed by atoms with Crippen LogP contribution >= 0.6 is 0 Å². The molecule has 0 aromatic rings. The maximum Gasteiger partial charge on any atom is 0.508 e. The predicted molar refractivity (Wildman–Crippen MR) is 43.8 cm³/mol. The second-order valence-corrected chi connectivity index (χ2v) is 2.00. The Morgan fingerprint density at radius 2 is 1.92 bits per heavy atom. The summed E-state index contributed by atoms with van der Waals surface area (Å²) in [7, 11) is 0. The summed E-state index contributed by atoms with van der Waals surface area (Å²) in [5.74, 6) is 0. The van der Waals surface area contributed by atoms with E-state index in [9.17, 15) is 4.79 Å². The summed E-state index contributed by atoms with van der Waals surface area (Å²) < 4.78 is 14.2. The topological polar surface area (TPSA) is 44.8 Å². The molecule has 4 nitrogen and oxygen atoms in total. The number of hydrogen-bond acceptors (Lipinski definition) is 4.